The van der Waals surface area contributed by atoms with Crippen LogP contribution < -0.4 is 10.1 Å². The molecule has 0 unspecified atom stereocenters. The van der Waals surface area contributed by atoms with Crippen molar-refractivity contribution in [3.05, 3.63) is 95.1 Å². The summed E-state index contributed by atoms with van der Waals surface area (Å²) in [5.74, 6) is -0.485. The number of Topliss-reactive ketones (excluding diaryl/α,β-unsaturated/α-hetero) is 1. The Hall–Kier alpha value is -4.46. The molecule has 8 heteroatoms. The van der Waals surface area contributed by atoms with Crippen LogP contribution in [0.15, 0.2) is 66.7 Å². The van der Waals surface area contributed by atoms with Gasteiger partial charge < -0.3 is 14.6 Å². The van der Waals surface area contributed by atoms with Gasteiger partial charge in [0.1, 0.15) is 17.1 Å². The van der Waals surface area contributed by atoms with Gasteiger partial charge in [-0.3, -0.25) is 14.5 Å². The van der Waals surface area contributed by atoms with E-state index >= 15 is 0 Å². The summed E-state index contributed by atoms with van der Waals surface area (Å²) in [6, 6.07) is 18.2. The van der Waals surface area contributed by atoms with Gasteiger partial charge in [0.15, 0.2) is 5.78 Å². The third kappa shape index (κ3) is 4.04. The summed E-state index contributed by atoms with van der Waals surface area (Å²) >= 11 is 0. The zero-order chi connectivity index (χ0) is 26.5. The molecular formula is C29H26FN3O4. The van der Waals surface area contributed by atoms with Crippen LogP contribution in [0.4, 0.5) is 9.18 Å². The van der Waals surface area contributed by atoms with Gasteiger partial charge in [0, 0.05) is 22.6 Å². The molecule has 1 N–H and O–H groups in total. The van der Waals surface area contributed by atoms with E-state index in [0.717, 1.165) is 27.1 Å². The summed E-state index contributed by atoms with van der Waals surface area (Å²) in [6.45, 7) is 4.87. The van der Waals surface area contributed by atoms with E-state index < -0.39 is 24.0 Å². The van der Waals surface area contributed by atoms with Gasteiger partial charge in [-0.1, -0.05) is 18.2 Å². The van der Waals surface area contributed by atoms with E-state index in [-0.39, 0.29) is 11.6 Å². The highest BCUT2D eigenvalue weighted by atomic mass is 19.1. The summed E-state index contributed by atoms with van der Waals surface area (Å²) in [5, 5.41) is 4.60. The molecule has 1 fully saturated rings. The highest BCUT2D eigenvalue weighted by molar-refractivity contribution is 6.11. The van der Waals surface area contributed by atoms with Crippen molar-refractivity contribution in [1.82, 2.24) is 14.8 Å². The molecule has 1 atom stereocenters. The number of carbonyl (C=O) groups excluding carboxylic acids is 3. The molecule has 3 aromatic carbocycles. The first-order chi connectivity index (χ1) is 17.6. The van der Waals surface area contributed by atoms with Crippen molar-refractivity contribution >= 4 is 28.5 Å². The second-order valence-corrected chi connectivity index (χ2v) is 9.39. The fourth-order valence-corrected chi connectivity index (χ4v) is 4.96. The van der Waals surface area contributed by atoms with Gasteiger partial charge in [-0.15, -0.1) is 0 Å². The number of halogens is 1. The Morgan fingerprint density at radius 1 is 0.973 bits per heavy atom. The first kappa shape index (κ1) is 24.2. The number of nitrogens with zero attached hydrogens (tertiary/aromatic N) is 2. The van der Waals surface area contributed by atoms with Crippen LogP contribution in [0.3, 0.4) is 0 Å². The van der Waals surface area contributed by atoms with Crippen molar-refractivity contribution in [2.24, 2.45) is 0 Å². The van der Waals surface area contributed by atoms with Gasteiger partial charge in [0.05, 0.1) is 13.7 Å². The van der Waals surface area contributed by atoms with E-state index in [1.54, 1.807) is 45.2 Å². The number of methoxy groups -OCH3 is 1. The van der Waals surface area contributed by atoms with E-state index in [1.165, 1.54) is 12.1 Å². The van der Waals surface area contributed by atoms with E-state index in [9.17, 15) is 18.8 Å². The Labute approximate surface area is 213 Å². The maximum atomic E-state index is 13.5. The summed E-state index contributed by atoms with van der Waals surface area (Å²) < 4.78 is 20.5. The first-order valence-electron chi connectivity index (χ1n) is 11.8. The van der Waals surface area contributed by atoms with Gasteiger partial charge in [0.2, 0.25) is 0 Å². The lowest BCUT2D eigenvalue weighted by Gasteiger charge is -2.22. The van der Waals surface area contributed by atoms with Crippen LogP contribution in [0.5, 0.6) is 5.75 Å². The molecule has 5 rings (SSSR count). The van der Waals surface area contributed by atoms with Crippen LogP contribution in [-0.2, 0) is 10.3 Å². The zero-order valence-electron chi connectivity index (χ0n) is 21.0. The van der Waals surface area contributed by atoms with Gasteiger partial charge in [-0.2, -0.15) is 0 Å². The zero-order valence-corrected chi connectivity index (χ0v) is 21.0. The quantitative estimate of drug-likeness (QED) is 0.298. The van der Waals surface area contributed by atoms with E-state index in [4.69, 9.17) is 4.74 Å². The standard InChI is InChI=1S/C29H26FN3O4/c1-17-13-25(18(2)33(17)23-10-8-22(30)9-11-23)26(34)16-32-27(35)29(3,31-28(32)36)21-7-5-20-15-24(37-4)12-6-19(20)14-21/h5-15H,16H2,1-4H3,(H,31,36)/t29-/m0/s1. The Morgan fingerprint density at radius 3 is 2.35 bits per heavy atom. The minimum absolute atomic E-state index is 0.352. The monoisotopic (exact) mass is 499 g/mol. The van der Waals surface area contributed by atoms with Gasteiger partial charge in [0.25, 0.3) is 5.91 Å². The Morgan fingerprint density at radius 2 is 1.65 bits per heavy atom. The van der Waals surface area contributed by atoms with Crippen LogP contribution in [0.1, 0.15) is 34.2 Å². The SMILES string of the molecule is COc1ccc2cc([C@]3(C)NC(=O)N(CC(=O)c4cc(C)n(-c5ccc(F)cc5)c4C)C3=O)ccc2c1. The lowest BCUT2D eigenvalue weighted by Crippen LogP contribution is -2.41. The number of benzene rings is 3. The third-order valence-electron chi connectivity index (χ3n) is 7.02. The number of hydrogen-bond acceptors (Lipinski definition) is 4. The maximum absolute atomic E-state index is 13.5. The molecule has 0 saturated carbocycles. The number of hydrogen-bond donors (Lipinski definition) is 1. The number of ether oxygens (including phenoxy) is 1. The first-order valence-corrected chi connectivity index (χ1v) is 11.8. The van der Waals surface area contributed by atoms with E-state index in [2.05, 4.69) is 5.32 Å². The second-order valence-electron chi connectivity index (χ2n) is 9.39. The van der Waals surface area contributed by atoms with Gasteiger partial charge in [-0.25, -0.2) is 9.18 Å². The van der Waals surface area contributed by atoms with Gasteiger partial charge in [-0.05, 0) is 85.6 Å². The molecule has 0 aliphatic carbocycles. The second kappa shape index (κ2) is 8.89. The fourth-order valence-electron chi connectivity index (χ4n) is 4.96. The number of aromatic nitrogens is 1. The number of amides is 3. The lowest BCUT2D eigenvalue weighted by atomic mass is 9.90. The summed E-state index contributed by atoms with van der Waals surface area (Å²) in [6.07, 6.45) is 0. The molecule has 1 aliphatic heterocycles. The average molecular weight is 500 g/mol. The topological polar surface area (TPSA) is 80.6 Å². The minimum Gasteiger partial charge on any atom is -0.497 e. The Kier molecular flexibility index (Phi) is 5.82. The molecule has 1 saturated heterocycles. The molecular weight excluding hydrogens is 473 g/mol. The number of nitrogens with one attached hydrogen (secondary N) is 1. The minimum atomic E-state index is -1.31. The normalized spacial score (nSPS) is 17.4. The molecule has 0 spiro atoms. The van der Waals surface area contributed by atoms with Crippen LogP contribution >= 0.6 is 0 Å². The number of imide groups is 1. The molecule has 2 heterocycles. The lowest BCUT2D eigenvalue weighted by molar-refractivity contribution is -0.130. The van der Waals surface area contributed by atoms with Crippen molar-refractivity contribution in [3.63, 3.8) is 0 Å². The summed E-state index contributed by atoms with van der Waals surface area (Å²) in [5.41, 5.74) is 1.85. The highest BCUT2D eigenvalue weighted by Gasteiger charge is 2.49. The van der Waals surface area contributed by atoms with E-state index in [1.807, 2.05) is 41.8 Å². The van der Waals surface area contributed by atoms with Crippen molar-refractivity contribution in [1.29, 1.82) is 0 Å². The molecule has 1 aromatic heterocycles. The van der Waals surface area contributed by atoms with Crippen molar-refractivity contribution in [2.75, 3.05) is 13.7 Å². The largest absolute Gasteiger partial charge is 0.497 e. The molecule has 0 bridgehead atoms. The van der Waals surface area contributed by atoms with Crippen molar-refractivity contribution in [2.45, 2.75) is 26.3 Å². The molecule has 3 amide bonds. The number of fused-ring (bicyclic) bond motifs is 1. The Bertz CT molecular complexity index is 1570. The number of aryl methyl sites for hydroxylation is 1. The highest BCUT2D eigenvalue weighted by Crippen LogP contribution is 2.32. The predicted octanol–water partition coefficient (Wildman–Crippen LogP) is 5.04. The van der Waals surface area contributed by atoms with Gasteiger partial charge >= 0.3 is 6.03 Å². The molecule has 37 heavy (non-hydrogen) atoms. The third-order valence-corrected chi connectivity index (χ3v) is 7.02. The number of urea groups is 1. The summed E-state index contributed by atoms with van der Waals surface area (Å²) in [7, 11) is 1.60. The van der Waals surface area contributed by atoms with Crippen LogP contribution in [0.25, 0.3) is 16.5 Å². The van der Waals surface area contributed by atoms with Crippen molar-refractivity contribution in [3.8, 4) is 11.4 Å². The van der Waals surface area contributed by atoms with Crippen LogP contribution in [-0.4, -0.2) is 40.8 Å². The molecule has 1 aliphatic rings. The maximum Gasteiger partial charge on any atom is 0.325 e. The van der Waals surface area contributed by atoms with Crippen molar-refractivity contribution < 1.29 is 23.5 Å². The molecule has 7 nitrogen and oxygen atoms in total. The average Bonchev–Trinajstić information content (AvgIpc) is 3.31. The molecule has 0 radical (unpaired) electrons. The molecule has 188 valence electrons. The predicted molar refractivity (Wildman–Crippen MR) is 138 cm³/mol. The summed E-state index contributed by atoms with van der Waals surface area (Å²) in [4.78, 5) is 40.6. The van der Waals surface area contributed by atoms with Crippen LogP contribution in [0, 0.1) is 19.7 Å². The Balaban J connectivity index is 1.41. The van der Waals surface area contributed by atoms with E-state index in [0.29, 0.717) is 22.5 Å². The van der Waals surface area contributed by atoms with Crippen LogP contribution in [0.2, 0.25) is 0 Å². The number of ketones is 1. The smallest absolute Gasteiger partial charge is 0.325 e. The fraction of sp³-hybridized carbons (Fsp3) is 0.207. The molecule has 4 aromatic rings. The number of carbonyl (C=O) groups is 3. The number of rotatable bonds is 6.